The quantitative estimate of drug-likeness (QED) is 0.813. The molecular weight excluding hydrogens is 267 g/mol. The minimum Gasteiger partial charge on any atom is -0.299 e. The maximum Gasteiger partial charge on any atom is 0.141 e. The van der Waals surface area contributed by atoms with Gasteiger partial charge in [0.15, 0.2) is 0 Å². The van der Waals surface area contributed by atoms with Crippen molar-refractivity contribution >= 4 is 29.0 Å². The summed E-state index contributed by atoms with van der Waals surface area (Å²) in [6, 6.07) is 14.9. The predicted octanol–water partition coefficient (Wildman–Crippen LogP) is 4.35. The van der Waals surface area contributed by atoms with Crippen LogP contribution in [0.25, 0.3) is 0 Å². The van der Waals surface area contributed by atoms with Crippen LogP contribution in [0.4, 0.5) is 0 Å². The number of hydrogen-bond acceptors (Lipinski definition) is 1. The fourth-order valence-electron chi connectivity index (χ4n) is 1.78. The van der Waals surface area contributed by atoms with Crippen molar-refractivity contribution in [1.29, 1.82) is 0 Å². The minimum atomic E-state index is 0.108. The summed E-state index contributed by atoms with van der Waals surface area (Å²) >= 11 is 12.1. The van der Waals surface area contributed by atoms with Crippen molar-refractivity contribution in [2.45, 2.75) is 12.8 Å². The number of ketones is 1. The molecule has 0 aliphatic heterocycles. The summed E-state index contributed by atoms with van der Waals surface area (Å²) < 4.78 is 0. The third kappa shape index (κ3) is 3.34. The molecule has 0 N–H and O–H groups in total. The highest BCUT2D eigenvalue weighted by Crippen LogP contribution is 2.25. The van der Waals surface area contributed by atoms with Crippen LogP contribution in [-0.2, 0) is 17.6 Å². The fourth-order valence-corrected chi connectivity index (χ4v) is 2.32. The molecule has 3 heteroatoms. The number of benzene rings is 2. The lowest BCUT2D eigenvalue weighted by atomic mass is 10.0. The molecule has 2 aromatic rings. The zero-order valence-corrected chi connectivity index (χ0v) is 11.2. The van der Waals surface area contributed by atoms with E-state index in [1.165, 1.54) is 0 Å². The number of rotatable bonds is 4. The second kappa shape index (κ2) is 6.03. The maximum atomic E-state index is 12.0. The summed E-state index contributed by atoms with van der Waals surface area (Å²) in [5, 5.41) is 1.09. The first-order chi connectivity index (χ1) is 8.66. The second-order valence-electron chi connectivity index (χ2n) is 4.08. The first-order valence-electron chi connectivity index (χ1n) is 5.65. The molecule has 0 fully saturated rings. The summed E-state index contributed by atoms with van der Waals surface area (Å²) in [6.45, 7) is 0. The zero-order chi connectivity index (χ0) is 13.0. The molecule has 0 atom stereocenters. The molecular formula is C15H12Cl2O. The standard InChI is InChI=1S/C15H12Cl2O/c16-14-7-4-8-15(17)13(14)10-12(18)9-11-5-2-1-3-6-11/h1-8H,9-10H2. The third-order valence-electron chi connectivity index (χ3n) is 2.68. The monoisotopic (exact) mass is 278 g/mol. The van der Waals surface area contributed by atoms with Crippen molar-refractivity contribution in [2.24, 2.45) is 0 Å². The van der Waals surface area contributed by atoms with Gasteiger partial charge in [-0.3, -0.25) is 4.79 Å². The van der Waals surface area contributed by atoms with Crippen LogP contribution in [0.2, 0.25) is 10.0 Å². The van der Waals surface area contributed by atoms with E-state index in [1.807, 2.05) is 30.3 Å². The van der Waals surface area contributed by atoms with Crippen molar-refractivity contribution in [3.8, 4) is 0 Å². The Morgan fingerprint density at radius 3 is 2.06 bits per heavy atom. The van der Waals surface area contributed by atoms with Gasteiger partial charge in [-0.05, 0) is 23.3 Å². The predicted molar refractivity (Wildman–Crippen MR) is 75.3 cm³/mol. The average Bonchev–Trinajstić information content (AvgIpc) is 2.35. The Morgan fingerprint density at radius 1 is 0.833 bits per heavy atom. The summed E-state index contributed by atoms with van der Waals surface area (Å²) in [7, 11) is 0. The molecule has 2 rings (SSSR count). The van der Waals surface area contributed by atoms with E-state index < -0.39 is 0 Å². The summed E-state index contributed by atoms with van der Waals surface area (Å²) in [5.74, 6) is 0.108. The van der Waals surface area contributed by atoms with Crippen molar-refractivity contribution in [2.75, 3.05) is 0 Å². The van der Waals surface area contributed by atoms with E-state index in [1.54, 1.807) is 18.2 Å². The number of halogens is 2. The van der Waals surface area contributed by atoms with E-state index in [4.69, 9.17) is 23.2 Å². The number of carbonyl (C=O) groups excluding carboxylic acids is 1. The molecule has 0 unspecified atom stereocenters. The molecule has 0 saturated heterocycles. The van der Waals surface area contributed by atoms with Crippen LogP contribution < -0.4 is 0 Å². The van der Waals surface area contributed by atoms with E-state index in [9.17, 15) is 4.79 Å². The lowest BCUT2D eigenvalue weighted by Gasteiger charge is -2.06. The van der Waals surface area contributed by atoms with Crippen LogP contribution in [0, 0.1) is 0 Å². The molecule has 0 bridgehead atoms. The van der Waals surface area contributed by atoms with Gasteiger partial charge in [-0.2, -0.15) is 0 Å². The van der Waals surface area contributed by atoms with Gasteiger partial charge in [0.05, 0.1) is 0 Å². The Kier molecular flexibility index (Phi) is 4.40. The number of Topliss-reactive ketones (excluding diaryl/α,β-unsaturated/α-hetero) is 1. The first-order valence-corrected chi connectivity index (χ1v) is 6.41. The minimum absolute atomic E-state index is 0.108. The maximum absolute atomic E-state index is 12.0. The van der Waals surface area contributed by atoms with Crippen molar-refractivity contribution in [3.63, 3.8) is 0 Å². The Morgan fingerprint density at radius 2 is 1.44 bits per heavy atom. The van der Waals surface area contributed by atoms with Gasteiger partial charge in [0, 0.05) is 22.9 Å². The summed E-state index contributed by atoms with van der Waals surface area (Å²) in [5.41, 5.74) is 1.72. The second-order valence-corrected chi connectivity index (χ2v) is 4.89. The van der Waals surface area contributed by atoms with Gasteiger partial charge in [0.25, 0.3) is 0 Å². The van der Waals surface area contributed by atoms with Gasteiger partial charge in [-0.25, -0.2) is 0 Å². The van der Waals surface area contributed by atoms with Gasteiger partial charge in [-0.15, -0.1) is 0 Å². The van der Waals surface area contributed by atoms with E-state index in [2.05, 4.69) is 0 Å². The molecule has 0 aliphatic carbocycles. The summed E-state index contributed by atoms with van der Waals surface area (Å²) in [6.07, 6.45) is 0.676. The lowest BCUT2D eigenvalue weighted by molar-refractivity contribution is -0.117. The van der Waals surface area contributed by atoms with Gasteiger partial charge in [0.2, 0.25) is 0 Å². The Bertz CT molecular complexity index is 529. The van der Waals surface area contributed by atoms with E-state index in [0.29, 0.717) is 22.0 Å². The molecule has 0 heterocycles. The van der Waals surface area contributed by atoms with Crippen LogP contribution in [0.5, 0.6) is 0 Å². The Hall–Kier alpha value is -1.31. The summed E-state index contributed by atoms with van der Waals surface area (Å²) in [4.78, 5) is 12.0. The number of carbonyl (C=O) groups is 1. The topological polar surface area (TPSA) is 17.1 Å². The molecule has 92 valence electrons. The highest BCUT2D eigenvalue weighted by molar-refractivity contribution is 6.36. The highest BCUT2D eigenvalue weighted by Gasteiger charge is 2.11. The molecule has 0 amide bonds. The van der Waals surface area contributed by atoms with Crippen molar-refractivity contribution in [3.05, 3.63) is 69.7 Å². The van der Waals surface area contributed by atoms with Crippen LogP contribution in [0.3, 0.4) is 0 Å². The van der Waals surface area contributed by atoms with Gasteiger partial charge >= 0.3 is 0 Å². The van der Waals surface area contributed by atoms with E-state index in [0.717, 1.165) is 5.56 Å². The SMILES string of the molecule is O=C(Cc1ccccc1)Cc1c(Cl)cccc1Cl. The van der Waals surface area contributed by atoms with E-state index in [-0.39, 0.29) is 12.2 Å². The fraction of sp³-hybridized carbons (Fsp3) is 0.133. The Balaban J connectivity index is 2.08. The molecule has 18 heavy (non-hydrogen) atoms. The van der Waals surface area contributed by atoms with Gasteiger partial charge in [-0.1, -0.05) is 59.6 Å². The van der Waals surface area contributed by atoms with Gasteiger partial charge < -0.3 is 0 Å². The molecule has 0 saturated carbocycles. The average molecular weight is 279 g/mol. The van der Waals surface area contributed by atoms with E-state index >= 15 is 0 Å². The number of hydrogen-bond donors (Lipinski definition) is 0. The van der Waals surface area contributed by atoms with Gasteiger partial charge in [0.1, 0.15) is 5.78 Å². The highest BCUT2D eigenvalue weighted by atomic mass is 35.5. The van der Waals surface area contributed by atoms with Crippen molar-refractivity contribution in [1.82, 2.24) is 0 Å². The molecule has 0 spiro atoms. The molecule has 1 nitrogen and oxygen atoms in total. The van der Waals surface area contributed by atoms with Crippen LogP contribution in [0.1, 0.15) is 11.1 Å². The van der Waals surface area contributed by atoms with Crippen LogP contribution in [0.15, 0.2) is 48.5 Å². The first kappa shape index (κ1) is 13.1. The molecule has 0 aromatic heterocycles. The molecule has 0 radical (unpaired) electrons. The van der Waals surface area contributed by atoms with Crippen molar-refractivity contribution < 1.29 is 4.79 Å². The van der Waals surface area contributed by atoms with Crippen LogP contribution in [-0.4, -0.2) is 5.78 Å². The molecule has 2 aromatic carbocycles. The third-order valence-corrected chi connectivity index (χ3v) is 3.39. The zero-order valence-electron chi connectivity index (χ0n) is 9.70. The largest absolute Gasteiger partial charge is 0.299 e. The Labute approximate surface area is 116 Å². The lowest BCUT2D eigenvalue weighted by Crippen LogP contribution is -2.07. The van der Waals surface area contributed by atoms with Crippen LogP contribution >= 0.6 is 23.2 Å². The normalized spacial score (nSPS) is 10.3. The smallest absolute Gasteiger partial charge is 0.141 e. The molecule has 0 aliphatic rings.